The summed E-state index contributed by atoms with van der Waals surface area (Å²) in [5.74, 6) is -0.710. The lowest BCUT2D eigenvalue weighted by Gasteiger charge is -2.31. The first-order valence-electron chi connectivity index (χ1n) is 9.37. The molecule has 0 aliphatic rings. The minimum absolute atomic E-state index is 0.0361. The number of esters is 1. The molecule has 0 bridgehead atoms. The third-order valence-corrected chi connectivity index (χ3v) is 5.41. The van der Waals surface area contributed by atoms with E-state index in [2.05, 4.69) is 15.0 Å². The number of rotatable bonds is 4. The molecule has 0 spiro atoms. The number of nitrogens with zero attached hydrogens (tertiary/aromatic N) is 3. The maximum Gasteiger partial charge on any atom is 0.435 e. The Labute approximate surface area is 193 Å². The molecule has 1 aromatic heterocycles. The average molecular weight is 510 g/mol. The van der Waals surface area contributed by atoms with Crippen LogP contribution >= 0.6 is 11.6 Å². The van der Waals surface area contributed by atoms with Crippen LogP contribution in [0, 0.1) is 13.8 Å². The van der Waals surface area contributed by atoms with Gasteiger partial charge in [0.05, 0.1) is 29.6 Å². The van der Waals surface area contributed by atoms with Gasteiger partial charge < -0.3 is 4.74 Å². The highest BCUT2D eigenvalue weighted by molar-refractivity contribution is 6.33. The number of alkyl halides is 7. The SMILES string of the molecule is COC(=O)c1cc(-n2cc(-c3c(C)cc(C(F)(C(F)(F)F)C(F)(F)F)cc3C)nn2)ccc1Cl. The number of halogens is 8. The van der Waals surface area contributed by atoms with Gasteiger partial charge in [0.15, 0.2) is 0 Å². The molecule has 0 amide bonds. The lowest BCUT2D eigenvalue weighted by molar-refractivity contribution is -0.348. The van der Waals surface area contributed by atoms with Gasteiger partial charge >= 0.3 is 24.0 Å². The minimum Gasteiger partial charge on any atom is -0.465 e. The van der Waals surface area contributed by atoms with Gasteiger partial charge in [-0.25, -0.2) is 13.9 Å². The summed E-state index contributed by atoms with van der Waals surface area (Å²) in [6.07, 6.45) is -11.1. The van der Waals surface area contributed by atoms with E-state index >= 15 is 0 Å². The molecule has 0 N–H and O–H groups in total. The van der Waals surface area contributed by atoms with Gasteiger partial charge in [0.2, 0.25) is 0 Å². The van der Waals surface area contributed by atoms with E-state index < -0.39 is 29.6 Å². The topological polar surface area (TPSA) is 57.0 Å². The zero-order chi connectivity index (χ0) is 25.6. The highest BCUT2D eigenvalue weighted by Crippen LogP contribution is 2.53. The van der Waals surface area contributed by atoms with E-state index in [4.69, 9.17) is 11.6 Å². The first kappa shape index (κ1) is 25.5. The van der Waals surface area contributed by atoms with Crippen molar-refractivity contribution in [1.29, 1.82) is 0 Å². The Hall–Kier alpha value is -3.15. The molecule has 0 radical (unpaired) electrons. The normalized spacial score (nSPS) is 12.7. The quantitative estimate of drug-likeness (QED) is 0.307. The summed E-state index contributed by atoms with van der Waals surface area (Å²) in [5.41, 5.74) is -6.66. The van der Waals surface area contributed by atoms with Gasteiger partial charge in [-0.05, 0) is 43.2 Å². The van der Waals surface area contributed by atoms with Crippen molar-refractivity contribution in [3.05, 3.63) is 63.8 Å². The fourth-order valence-electron chi connectivity index (χ4n) is 3.48. The van der Waals surface area contributed by atoms with Gasteiger partial charge in [-0.3, -0.25) is 0 Å². The van der Waals surface area contributed by atoms with Crippen molar-refractivity contribution in [2.45, 2.75) is 31.9 Å². The molecular formula is C21H15ClF7N3O2. The van der Waals surface area contributed by atoms with Crippen LogP contribution < -0.4 is 0 Å². The van der Waals surface area contributed by atoms with Crippen molar-refractivity contribution in [1.82, 2.24) is 15.0 Å². The Morgan fingerprint density at radius 1 is 0.971 bits per heavy atom. The van der Waals surface area contributed by atoms with Gasteiger partial charge in [0, 0.05) is 11.1 Å². The Balaban J connectivity index is 2.09. The van der Waals surface area contributed by atoms with E-state index in [0.29, 0.717) is 17.8 Å². The van der Waals surface area contributed by atoms with Gasteiger partial charge in [0.25, 0.3) is 0 Å². The number of methoxy groups -OCH3 is 1. The predicted molar refractivity (Wildman–Crippen MR) is 108 cm³/mol. The Bertz CT molecular complexity index is 1210. The number of hydrogen-bond donors (Lipinski definition) is 0. The molecule has 3 aromatic rings. The third kappa shape index (κ3) is 4.22. The van der Waals surface area contributed by atoms with E-state index in [1.165, 1.54) is 42.9 Å². The van der Waals surface area contributed by atoms with Crippen LogP contribution in [0.2, 0.25) is 5.02 Å². The molecule has 0 saturated heterocycles. The Morgan fingerprint density at radius 2 is 1.53 bits per heavy atom. The molecule has 0 unspecified atom stereocenters. The van der Waals surface area contributed by atoms with Crippen molar-refractivity contribution in [3.63, 3.8) is 0 Å². The molecule has 2 aromatic carbocycles. The molecule has 1 heterocycles. The average Bonchev–Trinajstić information content (AvgIpc) is 3.20. The number of carbonyl (C=O) groups excluding carboxylic acids is 1. The summed E-state index contributed by atoms with van der Waals surface area (Å²) in [7, 11) is 1.16. The zero-order valence-electron chi connectivity index (χ0n) is 17.6. The lowest BCUT2D eigenvalue weighted by Crippen LogP contribution is -2.50. The van der Waals surface area contributed by atoms with Crippen LogP contribution in [-0.2, 0) is 10.4 Å². The molecule has 0 saturated carbocycles. The summed E-state index contributed by atoms with van der Waals surface area (Å²) in [4.78, 5) is 11.8. The molecule has 3 rings (SSSR count). The van der Waals surface area contributed by atoms with Crippen LogP contribution in [0.1, 0.15) is 27.0 Å². The second-order valence-electron chi connectivity index (χ2n) is 7.34. The highest BCUT2D eigenvalue weighted by atomic mass is 35.5. The summed E-state index contributed by atoms with van der Waals surface area (Å²) >= 11 is 5.98. The summed E-state index contributed by atoms with van der Waals surface area (Å²) in [5, 5.41) is 7.92. The third-order valence-electron chi connectivity index (χ3n) is 5.08. The van der Waals surface area contributed by atoms with Crippen molar-refractivity contribution in [2.75, 3.05) is 7.11 Å². The molecule has 13 heteroatoms. The van der Waals surface area contributed by atoms with Crippen molar-refractivity contribution < 1.29 is 40.3 Å². The van der Waals surface area contributed by atoms with Gasteiger partial charge in [-0.1, -0.05) is 28.9 Å². The van der Waals surface area contributed by atoms with Crippen LogP contribution in [-0.4, -0.2) is 40.4 Å². The summed E-state index contributed by atoms with van der Waals surface area (Å²) < 4.78 is 99.2. The van der Waals surface area contributed by atoms with E-state index in [-0.39, 0.29) is 33.0 Å². The fourth-order valence-corrected chi connectivity index (χ4v) is 3.68. The largest absolute Gasteiger partial charge is 0.465 e. The minimum atomic E-state index is -6.22. The number of aryl methyl sites for hydroxylation is 2. The second kappa shape index (κ2) is 8.57. The van der Waals surface area contributed by atoms with Crippen LogP contribution in [0.4, 0.5) is 30.7 Å². The standard InChI is InChI=1S/C21H15ClF7N3O2/c1-10-6-12(19(23,20(24,25)26)21(27,28)29)7-11(2)17(10)16-9-32(31-30-16)13-4-5-15(22)14(8-13)18(33)34-3/h4-9H,1-3H3. The van der Waals surface area contributed by atoms with Crippen LogP contribution in [0.5, 0.6) is 0 Å². The molecule has 5 nitrogen and oxygen atoms in total. The molecule has 0 aliphatic carbocycles. The van der Waals surface area contributed by atoms with Gasteiger partial charge in [-0.15, -0.1) is 5.10 Å². The molecule has 0 aliphatic heterocycles. The van der Waals surface area contributed by atoms with Crippen LogP contribution in [0.15, 0.2) is 36.5 Å². The summed E-state index contributed by atoms with van der Waals surface area (Å²) in [6.45, 7) is 2.46. The number of ether oxygens (including phenoxy) is 1. The van der Waals surface area contributed by atoms with E-state index in [9.17, 15) is 35.5 Å². The van der Waals surface area contributed by atoms with Crippen molar-refractivity contribution >= 4 is 17.6 Å². The maximum atomic E-state index is 14.5. The van der Waals surface area contributed by atoms with Crippen LogP contribution in [0.25, 0.3) is 16.9 Å². The van der Waals surface area contributed by atoms with Crippen LogP contribution in [0.3, 0.4) is 0 Å². The Morgan fingerprint density at radius 3 is 2.03 bits per heavy atom. The number of benzene rings is 2. The molecule has 182 valence electrons. The molecule has 0 atom stereocenters. The highest BCUT2D eigenvalue weighted by Gasteiger charge is 2.73. The predicted octanol–water partition coefficient (Wildman–Crippen LogP) is 6.28. The fraction of sp³-hybridized carbons (Fsp3) is 0.286. The smallest absolute Gasteiger partial charge is 0.435 e. The first-order chi connectivity index (χ1) is 15.6. The molecular weight excluding hydrogens is 495 g/mol. The monoisotopic (exact) mass is 509 g/mol. The van der Waals surface area contributed by atoms with Crippen molar-refractivity contribution in [2.24, 2.45) is 0 Å². The molecule has 34 heavy (non-hydrogen) atoms. The zero-order valence-corrected chi connectivity index (χ0v) is 18.4. The Kier molecular flexibility index (Phi) is 6.42. The summed E-state index contributed by atoms with van der Waals surface area (Å²) in [6, 6.07) is 5.24. The number of aromatic nitrogens is 3. The van der Waals surface area contributed by atoms with Gasteiger partial charge in [0.1, 0.15) is 5.69 Å². The van der Waals surface area contributed by atoms with Gasteiger partial charge in [-0.2, -0.15) is 26.3 Å². The van der Waals surface area contributed by atoms with E-state index in [1.807, 2.05) is 0 Å². The number of hydrogen-bond acceptors (Lipinski definition) is 4. The number of carbonyl (C=O) groups is 1. The lowest BCUT2D eigenvalue weighted by atomic mass is 9.88. The molecule has 0 fully saturated rings. The van der Waals surface area contributed by atoms with E-state index in [1.54, 1.807) is 0 Å². The van der Waals surface area contributed by atoms with Crippen molar-refractivity contribution in [3.8, 4) is 16.9 Å². The first-order valence-corrected chi connectivity index (χ1v) is 9.74. The second-order valence-corrected chi connectivity index (χ2v) is 7.75. The van der Waals surface area contributed by atoms with E-state index in [0.717, 1.165) is 7.11 Å². The maximum absolute atomic E-state index is 14.5.